The number of nitrogens with one attached hydrogen (secondary N) is 3. The number of fused-ring (bicyclic) bond motifs is 3. The zero-order chi connectivity index (χ0) is 71.2. The smallest absolute Gasteiger partial charge is 0.222 e. The molecule has 3 aliphatic heterocycles. The lowest BCUT2D eigenvalue weighted by Gasteiger charge is -2.33. The van der Waals surface area contributed by atoms with Crippen molar-refractivity contribution in [1.29, 1.82) is 0 Å². The minimum atomic E-state index is -3.26. The van der Waals surface area contributed by atoms with Crippen molar-refractivity contribution in [1.82, 2.24) is 72.7 Å². The molecule has 9 heterocycles. The third-order valence-corrected chi connectivity index (χ3v) is 20.9. The van der Waals surface area contributed by atoms with Crippen LogP contribution < -0.4 is 16.0 Å². The molecular weight excluding hydrogens is 1440 g/mol. The van der Waals surface area contributed by atoms with Crippen LogP contribution in [-0.4, -0.2) is 157 Å². The normalized spacial score (nSPS) is 16.5. The summed E-state index contributed by atoms with van der Waals surface area (Å²) in [5.41, 5.74) is 8.67. The number of anilines is 3. The van der Waals surface area contributed by atoms with Crippen molar-refractivity contribution in [3.05, 3.63) is 195 Å². The van der Waals surface area contributed by atoms with Crippen LogP contribution in [0.15, 0.2) is 165 Å². The van der Waals surface area contributed by atoms with E-state index in [0.29, 0.717) is 131 Å². The number of benzene rings is 6. The lowest BCUT2D eigenvalue weighted by atomic mass is 10.0. The number of hydrogen-bond acceptors (Lipinski definition) is 16. The maximum atomic E-state index is 12.5. The Morgan fingerprint density at radius 2 is 0.784 bits per heavy atom. The number of halogens is 6. The summed E-state index contributed by atoms with van der Waals surface area (Å²) in [4.78, 5) is 70.1. The highest BCUT2D eigenvalue weighted by Crippen LogP contribution is 2.39. The largest absolute Gasteiger partial charge is 0.364 e. The first-order valence-electron chi connectivity index (χ1n) is 33.4. The topological polar surface area (TPSA) is 245 Å². The number of carbonyl (C=O) groups excluding carboxylic acids is 2. The first-order valence-corrected chi connectivity index (χ1v) is 37.5. The number of piperidine rings is 3. The molecule has 6 aromatic heterocycles. The molecule has 15 rings (SSSR count). The second kappa shape index (κ2) is 31.7. The van der Waals surface area contributed by atoms with Crippen molar-refractivity contribution in [2.45, 2.75) is 83.3 Å². The van der Waals surface area contributed by atoms with Crippen molar-refractivity contribution in [3.63, 3.8) is 0 Å². The van der Waals surface area contributed by atoms with Crippen LogP contribution in [0.3, 0.4) is 0 Å². The van der Waals surface area contributed by atoms with Gasteiger partial charge in [-0.1, -0.05) is 113 Å². The molecule has 0 aliphatic carbocycles. The van der Waals surface area contributed by atoms with E-state index in [1.54, 1.807) is 19.1 Å². The van der Waals surface area contributed by atoms with Gasteiger partial charge in [0.15, 0.2) is 50.9 Å². The van der Waals surface area contributed by atoms with Crippen molar-refractivity contribution >= 4 is 142 Å². The fourth-order valence-electron chi connectivity index (χ4n) is 13.0. The van der Waals surface area contributed by atoms with Crippen LogP contribution in [-0.2, 0) is 19.6 Å². The average Bonchev–Trinajstić information content (AvgIpc) is 1.62. The summed E-state index contributed by atoms with van der Waals surface area (Å²) >= 11 is 38.1. The Labute approximate surface area is 619 Å². The average molecular weight is 1510 g/mol. The fourth-order valence-corrected chi connectivity index (χ4v) is 14.9. The molecule has 3 atom stereocenters. The van der Waals surface area contributed by atoms with Crippen molar-refractivity contribution in [2.24, 2.45) is 0 Å². The van der Waals surface area contributed by atoms with Crippen molar-refractivity contribution in [2.75, 3.05) is 61.5 Å². The van der Waals surface area contributed by atoms with Crippen LogP contribution in [0.4, 0.5) is 17.5 Å². The van der Waals surface area contributed by atoms with Gasteiger partial charge in [0, 0.05) is 120 Å². The number of carbonyl (C=O) groups is 2. The predicted molar refractivity (Wildman–Crippen MR) is 406 cm³/mol. The van der Waals surface area contributed by atoms with Gasteiger partial charge in [0.05, 0.1) is 21.3 Å². The number of hydrogen-bond donors (Lipinski definition) is 3. The zero-order valence-corrected chi connectivity index (χ0v) is 61.1. The van der Waals surface area contributed by atoms with Gasteiger partial charge in [-0.15, -0.1) is 0 Å². The molecule has 22 nitrogen and oxygen atoms in total. The van der Waals surface area contributed by atoms with E-state index in [1.807, 2.05) is 164 Å². The minimum absolute atomic E-state index is 0.0855. The Hall–Kier alpha value is -9.04. The third kappa shape index (κ3) is 15.9. The van der Waals surface area contributed by atoms with Crippen LogP contribution in [0.2, 0.25) is 30.1 Å². The summed E-state index contributed by atoms with van der Waals surface area (Å²) in [5, 5.41) is 14.1. The quantitative estimate of drug-likeness (QED) is 0.0864. The molecule has 102 heavy (non-hydrogen) atoms. The lowest BCUT2D eigenvalue weighted by molar-refractivity contribution is -0.132. The highest BCUT2D eigenvalue weighted by atomic mass is 35.5. The summed E-state index contributed by atoms with van der Waals surface area (Å²) < 4.78 is 31.4. The highest BCUT2D eigenvalue weighted by Gasteiger charge is 2.31. The number of rotatable bonds is 15. The Balaban J connectivity index is 0.000000137. The van der Waals surface area contributed by atoms with Gasteiger partial charge >= 0.3 is 0 Å². The predicted octanol–water partition coefficient (Wildman–Crippen LogP) is 15.8. The molecule has 3 saturated heterocycles. The molecule has 2 amide bonds. The molecule has 3 unspecified atom stereocenters. The number of nitrogens with zero attached hydrogens (tertiary/aromatic N) is 15. The molecule has 12 aromatic rings. The van der Waals surface area contributed by atoms with Crippen LogP contribution in [0.25, 0.3) is 84.7 Å². The number of likely N-dealkylation sites (tertiary alicyclic amines) is 2. The third-order valence-electron chi connectivity index (χ3n) is 17.9. The van der Waals surface area contributed by atoms with Gasteiger partial charge in [-0.2, -0.15) is 0 Å². The summed E-state index contributed by atoms with van der Waals surface area (Å²) in [6, 6.07) is 45.2. The van der Waals surface area contributed by atoms with Crippen molar-refractivity contribution < 1.29 is 18.0 Å². The lowest BCUT2D eigenvalue weighted by Crippen LogP contribution is -2.45. The molecule has 0 radical (unpaired) electrons. The van der Waals surface area contributed by atoms with Crippen LogP contribution in [0, 0.1) is 0 Å². The van der Waals surface area contributed by atoms with E-state index < -0.39 is 10.0 Å². The maximum absolute atomic E-state index is 12.5. The molecule has 0 bridgehead atoms. The number of aromatic nitrogens is 12. The second-order valence-electron chi connectivity index (χ2n) is 25.0. The van der Waals surface area contributed by atoms with E-state index in [4.69, 9.17) is 84.6 Å². The van der Waals surface area contributed by atoms with Gasteiger partial charge in [0.2, 0.25) is 21.8 Å². The SMILES string of the molecule is CC(=O)N1CCCC(Nc2ncnc3c2nc(-c2ccccc2Cl)n3-c2ccc(Cl)cc2)C1.CCCC(=O)N1CCCC(Nc2ncnc3c2nc(-c2ccccc2Cl)n3-c2ccc(Cl)cc2)C1.CS(=O)(=O)N1CCCC(Nc2ncnc3c2nc(-c2ccccc2Cl)n3-c2ccc(Cl)cc2)C1. The van der Waals surface area contributed by atoms with Gasteiger partial charge in [0.1, 0.15) is 36.5 Å². The van der Waals surface area contributed by atoms with Gasteiger partial charge < -0.3 is 25.8 Å². The van der Waals surface area contributed by atoms with E-state index in [2.05, 4.69) is 45.9 Å². The van der Waals surface area contributed by atoms with E-state index in [-0.39, 0.29) is 29.9 Å². The summed E-state index contributed by atoms with van der Waals surface area (Å²) in [6.07, 6.45) is 12.6. The number of imidazole rings is 3. The highest BCUT2D eigenvalue weighted by molar-refractivity contribution is 7.88. The van der Waals surface area contributed by atoms with Crippen LogP contribution in [0.5, 0.6) is 0 Å². The molecule has 0 spiro atoms. The Morgan fingerprint density at radius 1 is 0.451 bits per heavy atom. The fraction of sp³-hybridized carbons (Fsp3) is 0.274. The van der Waals surface area contributed by atoms with E-state index >= 15 is 0 Å². The summed E-state index contributed by atoms with van der Waals surface area (Å²) in [7, 11) is -3.26. The summed E-state index contributed by atoms with van der Waals surface area (Å²) in [6.45, 7) is 7.41. The number of sulfonamides is 1. The number of amides is 2. The van der Waals surface area contributed by atoms with Gasteiger partial charge in [-0.25, -0.2) is 57.6 Å². The van der Waals surface area contributed by atoms with Crippen LogP contribution in [0.1, 0.15) is 65.2 Å². The summed E-state index contributed by atoms with van der Waals surface area (Å²) in [5.74, 6) is 4.07. The molecule has 0 saturated carbocycles. The van der Waals surface area contributed by atoms with Gasteiger partial charge in [-0.05, 0) is 154 Å². The Morgan fingerprint density at radius 3 is 1.13 bits per heavy atom. The van der Waals surface area contributed by atoms with Gasteiger partial charge in [0.25, 0.3) is 0 Å². The van der Waals surface area contributed by atoms with E-state index in [1.165, 1.54) is 29.5 Å². The first kappa shape index (κ1) is 71.4. The molecule has 6 aromatic carbocycles. The van der Waals surface area contributed by atoms with Crippen molar-refractivity contribution in [3.8, 4) is 51.2 Å². The monoisotopic (exact) mass is 1500 g/mol. The molecule has 3 aliphatic rings. The molecule has 29 heteroatoms. The van der Waals surface area contributed by atoms with E-state index in [0.717, 1.165) is 91.8 Å². The Kier molecular flexibility index (Phi) is 22.2. The molecule has 3 N–H and O–H groups in total. The molecule has 524 valence electrons. The van der Waals surface area contributed by atoms with Gasteiger partial charge in [-0.3, -0.25) is 23.3 Å². The first-order chi connectivity index (χ1) is 49.4. The zero-order valence-electron chi connectivity index (χ0n) is 55.7. The minimum Gasteiger partial charge on any atom is -0.364 e. The standard InChI is InChI=1S/C26H26Cl2N6O.C24H22Cl2N6O.C23H22Cl2N6O2S/c1-2-6-22(35)33-14-5-7-18(15-33)31-24-23-26(30-16-29-24)34(19-12-10-17(27)11-13-19)25(32-23)20-8-3-4-9-21(20)28;1-15(33)31-12-4-5-17(13-31)29-22-21-24(28-14-27-22)32(18-10-8-16(25)9-11-18)23(30-21)19-6-2-3-7-20(19)26;1-34(32,33)30-12-4-5-16(13-30)28-21-20-23(27-14-26-21)31(17-10-8-15(24)9-11-17)22(29-20)18-6-2-3-7-19(18)25/h3-4,8-13,16,18H,2,5-7,14-15H2,1H3,(H,29,30,31);2-3,6-11,14,17H,4-5,12-13H2,1H3,(H,27,28,29);2-3,6-11,14,16H,4-5,12-13H2,1H3,(H,26,27,28). The molecule has 3 fully saturated rings. The maximum Gasteiger partial charge on any atom is 0.222 e. The van der Waals surface area contributed by atoms with E-state index in [9.17, 15) is 18.0 Å². The Bertz CT molecular complexity index is 5140. The second-order valence-corrected chi connectivity index (χ2v) is 29.5. The molecular formula is C73H70Cl6N18O4S. The van der Waals surface area contributed by atoms with Crippen LogP contribution >= 0.6 is 69.6 Å².